The molecule has 22 heavy (non-hydrogen) atoms. The molecule has 3 nitrogen and oxygen atoms in total. The Morgan fingerprint density at radius 2 is 1.77 bits per heavy atom. The van der Waals surface area contributed by atoms with Crippen molar-refractivity contribution in [1.82, 2.24) is 0 Å². The molecule has 2 N–H and O–H groups in total. The van der Waals surface area contributed by atoms with E-state index in [4.69, 9.17) is 0 Å². The van der Waals surface area contributed by atoms with Crippen LogP contribution in [-0.2, 0) is 4.79 Å². The Bertz CT molecular complexity index is 683. The normalized spacial score (nSPS) is 10.4. The molecule has 0 fully saturated rings. The molecular weight excluding hydrogens is 340 g/mol. The van der Waals surface area contributed by atoms with Gasteiger partial charge < -0.3 is 10.6 Å². The van der Waals surface area contributed by atoms with Crippen molar-refractivity contribution in [2.75, 3.05) is 17.2 Å². The minimum absolute atomic E-state index is 0.00793. The zero-order valence-corrected chi connectivity index (χ0v) is 14.8. The molecule has 0 radical (unpaired) electrons. The Morgan fingerprint density at radius 1 is 1.05 bits per heavy atom. The van der Waals surface area contributed by atoms with Crippen LogP contribution in [0.25, 0.3) is 0 Å². The van der Waals surface area contributed by atoms with Crippen LogP contribution in [0, 0.1) is 20.8 Å². The number of anilines is 2. The second-order valence-corrected chi connectivity index (χ2v) is 6.36. The van der Waals surface area contributed by atoms with Crippen molar-refractivity contribution in [3.05, 3.63) is 57.6 Å². The van der Waals surface area contributed by atoms with E-state index in [0.29, 0.717) is 13.0 Å². The van der Waals surface area contributed by atoms with Crippen molar-refractivity contribution >= 4 is 33.2 Å². The monoisotopic (exact) mass is 360 g/mol. The van der Waals surface area contributed by atoms with Crippen molar-refractivity contribution in [1.29, 1.82) is 0 Å². The lowest BCUT2D eigenvalue weighted by Gasteiger charge is -2.11. The van der Waals surface area contributed by atoms with Gasteiger partial charge >= 0.3 is 0 Å². The molecule has 0 unspecified atom stereocenters. The molecule has 4 heteroatoms. The molecule has 0 spiro atoms. The van der Waals surface area contributed by atoms with E-state index in [-0.39, 0.29) is 5.91 Å². The fraction of sp³-hybridized carbons (Fsp3) is 0.278. The maximum absolute atomic E-state index is 12.0. The van der Waals surface area contributed by atoms with Crippen molar-refractivity contribution in [3.63, 3.8) is 0 Å². The van der Waals surface area contributed by atoms with Crippen LogP contribution in [0.15, 0.2) is 40.9 Å². The number of nitrogens with one attached hydrogen (secondary N) is 2. The van der Waals surface area contributed by atoms with E-state index in [1.807, 2.05) is 25.1 Å². The van der Waals surface area contributed by atoms with E-state index in [1.165, 1.54) is 11.1 Å². The molecule has 0 aliphatic carbocycles. The molecule has 0 saturated heterocycles. The summed E-state index contributed by atoms with van der Waals surface area (Å²) in [6, 6.07) is 12.1. The quantitative estimate of drug-likeness (QED) is 0.802. The summed E-state index contributed by atoms with van der Waals surface area (Å²) in [6.07, 6.45) is 0.429. The van der Waals surface area contributed by atoms with E-state index in [0.717, 1.165) is 21.4 Å². The van der Waals surface area contributed by atoms with Crippen molar-refractivity contribution in [2.24, 2.45) is 0 Å². The van der Waals surface area contributed by atoms with Gasteiger partial charge in [-0.05, 0) is 55.7 Å². The minimum Gasteiger partial charge on any atom is -0.384 e. The number of aryl methyl sites for hydroxylation is 3. The average Bonchev–Trinajstić information content (AvgIpc) is 2.46. The van der Waals surface area contributed by atoms with Gasteiger partial charge in [-0.2, -0.15) is 0 Å². The predicted octanol–water partition coefficient (Wildman–Crippen LogP) is 4.82. The van der Waals surface area contributed by atoms with E-state index in [9.17, 15) is 4.79 Å². The number of amides is 1. The maximum atomic E-state index is 12.0. The third-order valence-electron chi connectivity index (χ3n) is 3.52. The van der Waals surface area contributed by atoms with Crippen LogP contribution in [0.1, 0.15) is 23.1 Å². The molecule has 0 heterocycles. The van der Waals surface area contributed by atoms with Gasteiger partial charge in [0.15, 0.2) is 0 Å². The molecule has 116 valence electrons. The standard InChI is InChI=1S/C18H21BrN2O/c1-12-4-5-14(3)17(10-12)20-9-8-18(22)21-15-7-6-13(2)16(19)11-15/h4-7,10-11,20H,8-9H2,1-3H3,(H,21,22). The molecule has 2 aromatic rings. The zero-order valence-electron chi connectivity index (χ0n) is 13.2. The Hall–Kier alpha value is -1.81. The van der Waals surface area contributed by atoms with Crippen LogP contribution >= 0.6 is 15.9 Å². The molecule has 0 saturated carbocycles. The van der Waals surface area contributed by atoms with Crippen LogP contribution in [0.3, 0.4) is 0 Å². The number of carbonyl (C=O) groups excluding carboxylic acids is 1. The summed E-state index contributed by atoms with van der Waals surface area (Å²) in [5.41, 5.74) is 5.45. The van der Waals surface area contributed by atoms with Gasteiger partial charge in [0.25, 0.3) is 0 Å². The van der Waals surface area contributed by atoms with E-state index >= 15 is 0 Å². The molecular formula is C18H21BrN2O. The molecule has 0 aliphatic rings. The third kappa shape index (κ3) is 4.60. The highest BCUT2D eigenvalue weighted by atomic mass is 79.9. The number of carbonyl (C=O) groups is 1. The Kier molecular flexibility index (Phi) is 5.61. The fourth-order valence-electron chi connectivity index (χ4n) is 2.13. The smallest absolute Gasteiger partial charge is 0.226 e. The highest BCUT2D eigenvalue weighted by Crippen LogP contribution is 2.21. The van der Waals surface area contributed by atoms with Crippen molar-refractivity contribution in [3.8, 4) is 0 Å². The third-order valence-corrected chi connectivity index (χ3v) is 4.37. The number of hydrogen-bond acceptors (Lipinski definition) is 2. The summed E-state index contributed by atoms with van der Waals surface area (Å²) in [4.78, 5) is 12.0. The zero-order chi connectivity index (χ0) is 16.1. The fourth-order valence-corrected chi connectivity index (χ4v) is 2.51. The SMILES string of the molecule is Cc1ccc(C)c(NCCC(=O)Nc2ccc(C)c(Br)c2)c1. The van der Waals surface area contributed by atoms with Crippen LogP contribution in [0.5, 0.6) is 0 Å². The van der Waals surface area contributed by atoms with Crippen LogP contribution in [0.2, 0.25) is 0 Å². The lowest BCUT2D eigenvalue weighted by molar-refractivity contribution is -0.115. The van der Waals surface area contributed by atoms with Gasteiger partial charge in [0.2, 0.25) is 5.91 Å². The topological polar surface area (TPSA) is 41.1 Å². The maximum Gasteiger partial charge on any atom is 0.226 e. The molecule has 2 rings (SSSR count). The van der Waals surface area contributed by atoms with Gasteiger partial charge in [0.1, 0.15) is 0 Å². The Labute approximate surface area is 140 Å². The van der Waals surface area contributed by atoms with Crippen molar-refractivity contribution in [2.45, 2.75) is 27.2 Å². The molecule has 2 aromatic carbocycles. The summed E-state index contributed by atoms with van der Waals surface area (Å²) in [6.45, 7) is 6.76. The van der Waals surface area contributed by atoms with Gasteiger partial charge in [-0.15, -0.1) is 0 Å². The number of hydrogen-bond donors (Lipinski definition) is 2. The first-order chi connectivity index (χ1) is 10.5. The molecule has 0 aromatic heterocycles. The van der Waals surface area contributed by atoms with E-state index < -0.39 is 0 Å². The first-order valence-electron chi connectivity index (χ1n) is 7.33. The van der Waals surface area contributed by atoms with Gasteiger partial charge in [-0.3, -0.25) is 4.79 Å². The largest absolute Gasteiger partial charge is 0.384 e. The molecule has 1 amide bonds. The van der Waals surface area contributed by atoms with Gasteiger partial charge in [0.05, 0.1) is 0 Å². The van der Waals surface area contributed by atoms with Crippen LogP contribution < -0.4 is 10.6 Å². The Morgan fingerprint density at radius 3 is 2.50 bits per heavy atom. The first-order valence-corrected chi connectivity index (χ1v) is 8.12. The highest BCUT2D eigenvalue weighted by molar-refractivity contribution is 9.10. The van der Waals surface area contributed by atoms with Gasteiger partial charge in [-0.25, -0.2) is 0 Å². The number of benzene rings is 2. The van der Waals surface area contributed by atoms with Crippen LogP contribution in [0.4, 0.5) is 11.4 Å². The highest BCUT2D eigenvalue weighted by Gasteiger charge is 2.05. The van der Waals surface area contributed by atoms with Gasteiger partial charge in [-0.1, -0.05) is 34.1 Å². The summed E-state index contributed by atoms with van der Waals surface area (Å²) in [7, 11) is 0. The average molecular weight is 361 g/mol. The summed E-state index contributed by atoms with van der Waals surface area (Å²) < 4.78 is 0.999. The molecule has 0 aliphatic heterocycles. The summed E-state index contributed by atoms with van der Waals surface area (Å²) >= 11 is 3.47. The lowest BCUT2D eigenvalue weighted by Crippen LogP contribution is -2.16. The first kappa shape index (κ1) is 16.6. The number of rotatable bonds is 5. The number of halogens is 1. The lowest BCUT2D eigenvalue weighted by atomic mass is 10.1. The molecule has 0 atom stereocenters. The minimum atomic E-state index is 0.00793. The second-order valence-electron chi connectivity index (χ2n) is 5.51. The second kappa shape index (κ2) is 7.45. The predicted molar refractivity (Wildman–Crippen MR) is 96.5 cm³/mol. The van der Waals surface area contributed by atoms with E-state index in [1.54, 1.807) is 0 Å². The van der Waals surface area contributed by atoms with E-state index in [2.05, 4.69) is 58.6 Å². The summed E-state index contributed by atoms with van der Waals surface area (Å²) in [5, 5.41) is 6.23. The van der Waals surface area contributed by atoms with Crippen molar-refractivity contribution < 1.29 is 4.79 Å². The van der Waals surface area contributed by atoms with Gasteiger partial charge in [0, 0.05) is 28.8 Å². The Balaban J connectivity index is 1.85. The van der Waals surface area contributed by atoms with Crippen LogP contribution in [-0.4, -0.2) is 12.5 Å². The molecule has 0 bridgehead atoms. The summed E-state index contributed by atoms with van der Waals surface area (Å²) in [5.74, 6) is 0.00793.